The number of halogens is 1. The first kappa shape index (κ1) is 17.9. The van der Waals surface area contributed by atoms with Crippen LogP contribution >= 0.6 is 27.3 Å². The number of methoxy groups -OCH3 is 1. The highest BCUT2D eigenvalue weighted by Crippen LogP contribution is 2.31. The van der Waals surface area contributed by atoms with E-state index < -0.39 is 0 Å². The van der Waals surface area contributed by atoms with Crippen LogP contribution in [-0.4, -0.2) is 21.9 Å². The van der Waals surface area contributed by atoms with E-state index in [-0.39, 0.29) is 5.56 Å². The van der Waals surface area contributed by atoms with Crippen molar-refractivity contribution in [1.82, 2.24) is 14.8 Å². The first-order valence-electron chi connectivity index (χ1n) is 8.32. The zero-order chi connectivity index (χ0) is 19.0. The first-order chi connectivity index (χ1) is 13.0. The topological polar surface area (TPSA) is 57.0 Å². The molecule has 0 radical (unpaired) electrons. The predicted octanol–water partition coefficient (Wildman–Crippen LogP) is 4.65. The molecule has 0 atom stereocenters. The minimum atomic E-state index is -0.177. The van der Waals surface area contributed by atoms with E-state index in [4.69, 9.17) is 4.74 Å². The molecular weight excluding hydrogens is 426 g/mol. The van der Waals surface area contributed by atoms with Gasteiger partial charge in [0.25, 0.3) is 5.56 Å². The molecule has 136 valence electrons. The molecule has 0 amide bonds. The Labute approximate surface area is 168 Å². The van der Waals surface area contributed by atoms with E-state index in [1.54, 1.807) is 7.11 Å². The van der Waals surface area contributed by atoms with Gasteiger partial charge >= 0.3 is 0 Å². The van der Waals surface area contributed by atoms with Gasteiger partial charge in [0, 0.05) is 10.0 Å². The molecule has 27 heavy (non-hydrogen) atoms. The number of rotatable bonds is 4. The van der Waals surface area contributed by atoms with Crippen molar-refractivity contribution in [2.45, 2.75) is 13.5 Å². The van der Waals surface area contributed by atoms with Gasteiger partial charge in [-0.2, -0.15) is 5.10 Å². The quantitative estimate of drug-likeness (QED) is 0.462. The van der Waals surface area contributed by atoms with Gasteiger partial charge in [0.1, 0.15) is 11.4 Å². The summed E-state index contributed by atoms with van der Waals surface area (Å²) in [5, 5.41) is 5.53. The lowest BCUT2D eigenvalue weighted by atomic mass is 10.1. The van der Waals surface area contributed by atoms with E-state index in [2.05, 4.69) is 26.0 Å². The largest absolute Gasteiger partial charge is 0.497 e. The van der Waals surface area contributed by atoms with Crippen LogP contribution in [-0.2, 0) is 6.54 Å². The molecule has 0 spiro atoms. The molecule has 0 fully saturated rings. The third-order valence-corrected chi connectivity index (χ3v) is 5.70. The maximum atomic E-state index is 12.9. The van der Waals surface area contributed by atoms with Crippen LogP contribution in [0.4, 0.5) is 0 Å². The van der Waals surface area contributed by atoms with Crippen molar-refractivity contribution >= 4 is 37.5 Å². The van der Waals surface area contributed by atoms with Crippen molar-refractivity contribution in [2.24, 2.45) is 0 Å². The molecule has 0 saturated heterocycles. The van der Waals surface area contributed by atoms with Crippen LogP contribution in [0.2, 0.25) is 0 Å². The van der Waals surface area contributed by atoms with Crippen molar-refractivity contribution in [3.63, 3.8) is 0 Å². The second-order valence-electron chi connectivity index (χ2n) is 6.08. The molecule has 5 nitrogen and oxygen atoms in total. The van der Waals surface area contributed by atoms with E-state index in [1.807, 2.05) is 55.5 Å². The lowest BCUT2D eigenvalue weighted by Crippen LogP contribution is -2.24. The maximum absolute atomic E-state index is 12.9. The van der Waals surface area contributed by atoms with E-state index >= 15 is 0 Å². The van der Waals surface area contributed by atoms with Crippen LogP contribution in [0.15, 0.2) is 57.8 Å². The number of fused-ring (bicyclic) bond motifs is 1. The lowest BCUT2D eigenvalue weighted by molar-refractivity contribution is 0.415. The molecule has 4 rings (SSSR count). The monoisotopic (exact) mass is 441 g/mol. The summed E-state index contributed by atoms with van der Waals surface area (Å²) in [7, 11) is 1.63. The van der Waals surface area contributed by atoms with E-state index in [9.17, 15) is 4.79 Å². The van der Waals surface area contributed by atoms with Gasteiger partial charge in [-0.05, 0) is 36.8 Å². The van der Waals surface area contributed by atoms with Gasteiger partial charge in [0.15, 0.2) is 5.52 Å². The Kier molecular flexibility index (Phi) is 4.80. The minimum absolute atomic E-state index is 0.177. The van der Waals surface area contributed by atoms with E-state index in [0.717, 1.165) is 36.8 Å². The number of ether oxygens (including phenoxy) is 1. The number of benzene rings is 2. The summed E-state index contributed by atoms with van der Waals surface area (Å²) in [6.07, 6.45) is 0. The number of thiazole rings is 1. The number of hydrogen-bond donors (Lipinski definition) is 0. The standard InChI is InChI=1S/C20H16BrN3O2S/c1-12-22-18-19(27-12)17(14-4-3-5-16(10-14)26-2)23-24(20(18)25)11-13-6-8-15(21)9-7-13/h3-10H,11H2,1-2H3. The van der Waals surface area contributed by atoms with Crippen molar-refractivity contribution in [3.8, 4) is 17.0 Å². The highest BCUT2D eigenvalue weighted by molar-refractivity contribution is 9.10. The third kappa shape index (κ3) is 3.52. The van der Waals surface area contributed by atoms with Crippen LogP contribution in [0.5, 0.6) is 5.75 Å². The first-order valence-corrected chi connectivity index (χ1v) is 9.93. The molecule has 0 bridgehead atoms. The predicted molar refractivity (Wildman–Crippen MR) is 112 cm³/mol. The molecule has 7 heteroatoms. The second-order valence-corrected chi connectivity index (χ2v) is 8.20. The van der Waals surface area contributed by atoms with Gasteiger partial charge in [0.05, 0.1) is 23.4 Å². The van der Waals surface area contributed by atoms with Gasteiger partial charge in [0.2, 0.25) is 0 Å². The summed E-state index contributed by atoms with van der Waals surface area (Å²) in [6.45, 7) is 2.29. The number of aryl methyl sites for hydroxylation is 1. The maximum Gasteiger partial charge on any atom is 0.294 e. The molecule has 4 aromatic rings. The van der Waals surface area contributed by atoms with Crippen LogP contribution in [0.3, 0.4) is 0 Å². The Bertz CT molecular complexity index is 1180. The fourth-order valence-corrected chi connectivity index (χ4v) is 4.08. The van der Waals surface area contributed by atoms with Crippen molar-refractivity contribution in [2.75, 3.05) is 7.11 Å². The van der Waals surface area contributed by atoms with Crippen molar-refractivity contribution in [3.05, 3.63) is 73.9 Å². The Balaban J connectivity index is 1.91. The van der Waals surface area contributed by atoms with Crippen molar-refractivity contribution < 1.29 is 4.74 Å². The zero-order valence-corrected chi connectivity index (χ0v) is 17.2. The molecule has 0 saturated carbocycles. The molecule has 0 aliphatic carbocycles. The average Bonchev–Trinajstić information content (AvgIpc) is 3.07. The highest BCUT2D eigenvalue weighted by atomic mass is 79.9. The number of nitrogens with zero attached hydrogens (tertiary/aromatic N) is 3. The Morgan fingerprint density at radius 1 is 1.19 bits per heavy atom. The molecule has 0 aliphatic rings. The molecule has 2 aromatic carbocycles. The van der Waals surface area contributed by atoms with Gasteiger partial charge in [-0.3, -0.25) is 4.79 Å². The summed E-state index contributed by atoms with van der Waals surface area (Å²) in [6, 6.07) is 15.5. The van der Waals surface area contributed by atoms with Crippen LogP contribution in [0.1, 0.15) is 10.6 Å². The molecule has 0 aliphatic heterocycles. The normalized spacial score (nSPS) is 11.1. The zero-order valence-electron chi connectivity index (χ0n) is 14.8. The summed E-state index contributed by atoms with van der Waals surface area (Å²) >= 11 is 4.92. The second kappa shape index (κ2) is 7.25. The van der Waals surface area contributed by atoms with Gasteiger partial charge < -0.3 is 4.74 Å². The smallest absolute Gasteiger partial charge is 0.294 e. The molecule has 2 heterocycles. The Morgan fingerprint density at radius 2 is 1.96 bits per heavy atom. The number of hydrogen-bond acceptors (Lipinski definition) is 5. The summed E-state index contributed by atoms with van der Waals surface area (Å²) in [4.78, 5) is 17.4. The SMILES string of the molecule is COc1cccc(-c2nn(Cc3ccc(Br)cc3)c(=O)c3nc(C)sc23)c1. The fourth-order valence-electron chi connectivity index (χ4n) is 2.90. The number of aromatic nitrogens is 3. The molecule has 0 N–H and O–H groups in total. The highest BCUT2D eigenvalue weighted by Gasteiger charge is 2.17. The minimum Gasteiger partial charge on any atom is -0.497 e. The van der Waals surface area contributed by atoms with E-state index in [1.165, 1.54) is 16.0 Å². The van der Waals surface area contributed by atoms with E-state index in [0.29, 0.717) is 12.1 Å². The Morgan fingerprint density at radius 3 is 2.70 bits per heavy atom. The van der Waals surface area contributed by atoms with Crippen molar-refractivity contribution in [1.29, 1.82) is 0 Å². The third-order valence-electron chi connectivity index (χ3n) is 4.20. The fraction of sp³-hybridized carbons (Fsp3) is 0.150. The van der Waals surface area contributed by atoms with Gasteiger partial charge in [-0.25, -0.2) is 9.67 Å². The lowest BCUT2D eigenvalue weighted by Gasteiger charge is -2.10. The van der Waals surface area contributed by atoms with Gasteiger partial charge in [-0.15, -0.1) is 11.3 Å². The Hall–Kier alpha value is -2.51. The molecular formula is C20H16BrN3O2S. The van der Waals surface area contributed by atoms with Gasteiger partial charge in [-0.1, -0.05) is 40.2 Å². The van der Waals surface area contributed by atoms with Crippen LogP contribution in [0, 0.1) is 6.92 Å². The average molecular weight is 442 g/mol. The van der Waals surface area contributed by atoms with Crippen LogP contribution < -0.4 is 10.3 Å². The summed E-state index contributed by atoms with van der Waals surface area (Å²) in [5.41, 5.74) is 2.92. The molecule has 2 aromatic heterocycles. The summed E-state index contributed by atoms with van der Waals surface area (Å²) in [5.74, 6) is 0.745. The summed E-state index contributed by atoms with van der Waals surface area (Å²) < 4.78 is 8.63. The van der Waals surface area contributed by atoms with Crippen LogP contribution in [0.25, 0.3) is 21.5 Å². The molecule has 0 unspecified atom stereocenters.